The second-order valence-corrected chi connectivity index (χ2v) is 4.90. The van der Waals surface area contributed by atoms with E-state index in [2.05, 4.69) is 5.32 Å². The van der Waals surface area contributed by atoms with Crippen molar-refractivity contribution in [2.24, 2.45) is 0 Å². The molecule has 1 aromatic rings. The predicted octanol–water partition coefficient (Wildman–Crippen LogP) is 1.94. The molecule has 1 unspecified atom stereocenters. The fourth-order valence-corrected chi connectivity index (χ4v) is 1.80. The van der Waals surface area contributed by atoms with E-state index in [1.54, 1.807) is 31.2 Å². The molecule has 0 saturated carbocycles. The summed E-state index contributed by atoms with van der Waals surface area (Å²) in [4.78, 5) is 23.2. The molecule has 1 aromatic carbocycles. The first-order valence-electron chi connectivity index (χ1n) is 5.94. The molecule has 4 nitrogen and oxygen atoms in total. The van der Waals surface area contributed by atoms with Crippen molar-refractivity contribution in [3.63, 3.8) is 0 Å². The van der Waals surface area contributed by atoms with Crippen molar-refractivity contribution in [3.8, 4) is 0 Å². The highest BCUT2D eigenvalue weighted by Crippen LogP contribution is 2.27. The topological polar surface area (TPSA) is 66.4 Å². The molecule has 0 aromatic heterocycles. The summed E-state index contributed by atoms with van der Waals surface area (Å²) in [5.74, 6) is -1.24. The largest absolute Gasteiger partial charge is 0.481 e. The summed E-state index contributed by atoms with van der Waals surface area (Å²) >= 11 is 0. The summed E-state index contributed by atoms with van der Waals surface area (Å²) in [7, 11) is 0. The number of carboxylic acids is 1. The maximum Gasteiger partial charge on any atom is 0.314 e. The molecule has 0 aliphatic carbocycles. The first-order chi connectivity index (χ1) is 8.36. The molecular weight excluding hydrogens is 230 g/mol. The Morgan fingerprint density at radius 1 is 1.28 bits per heavy atom. The first kappa shape index (κ1) is 14.2. The second kappa shape index (κ2) is 5.67. The van der Waals surface area contributed by atoms with E-state index in [1.165, 1.54) is 0 Å². The van der Waals surface area contributed by atoms with Crippen LogP contribution in [0.3, 0.4) is 0 Å². The summed E-state index contributed by atoms with van der Waals surface area (Å²) in [5.41, 5.74) is -0.559. The molecule has 98 valence electrons. The molecule has 0 heterocycles. The number of rotatable bonds is 5. The number of hydrogen-bond donors (Lipinski definition) is 2. The number of amides is 1. The van der Waals surface area contributed by atoms with Gasteiger partial charge in [-0.2, -0.15) is 0 Å². The predicted molar refractivity (Wildman–Crippen MR) is 69.3 cm³/mol. The van der Waals surface area contributed by atoms with Crippen LogP contribution >= 0.6 is 0 Å². The van der Waals surface area contributed by atoms with Crippen LogP contribution in [0.25, 0.3) is 0 Å². The molecule has 1 rings (SSSR count). The molecule has 4 heteroatoms. The highest BCUT2D eigenvalue weighted by Gasteiger charge is 2.37. The molecular formula is C14H19NO3. The lowest BCUT2D eigenvalue weighted by Crippen LogP contribution is -2.40. The summed E-state index contributed by atoms with van der Waals surface area (Å²) in [6.45, 7) is 5.27. The van der Waals surface area contributed by atoms with E-state index >= 15 is 0 Å². The van der Waals surface area contributed by atoms with E-state index < -0.39 is 11.4 Å². The third kappa shape index (κ3) is 3.32. The van der Waals surface area contributed by atoms with E-state index in [0.717, 1.165) is 0 Å². The fraction of sp³-hybridized carbons (Fsp3) is 0.429. The van der Waals surface area contributed by atoms with Gasteiger partial charge in [0.1, 0.15) is 0 Å². The summed E-state index contributed by atoms with van der Waals surface area (Å²) in [6.07, 6.45) is -0.0650. The molecule has 2 N–H and O–H groups in total. The van der Waals surface area contributed by atoms with Crippen LogP contribution < -0.4 is 5.32 Å². The summed E-state index contributed by atoms with van der Waals surface area (Å²) in [6, 6.07) is 8.84. The van der Waals surface area contributed by atoms with Crippen LogP contribution in [0.15, 0.2) is 30.3 Å². The Balaban J connectivity index is 2.96. The standard InChI is InChI=1S/C14H19NO3/c1-10(2)15-12(16)9-14(3,13(17)18)11-7-5-4-6-8-11/h4-8,10H,9H2,1-3H3,(H,15,16)(H,17,18). The van der Waals surface area contributed by atoms with Crippen LogP contribution in [0.5, 0.6) is 0 Å². The molecule has 0 saturated heterocycles. The lowest BCUT2D eigenvalue weighted by molar-refractivity contribution is -0.145. The van der Waals surface area contributed by atoms with Gasteiger partial charge in [0.2, 0.25) is 5.91 Å². The summed E-state index contributed by atoms with van der Waals surface area (Å²) in [5, 5.41) is 12.1. The monoisotopic (exact) mass is 249 g/mol. The smallest absolute Gasteiger partial charge is 0.314 e. The molecule has 0 fully saturated rings. The average Bonchev–Trinajstić information content (AvgIpc) is 2.28. The normalized spacial score (nSPS) is 14.0. The third-order valence-corrected chi connectivity index (χ3v) is 2.85. The average molecular weight is 249 g/mol. The van der Waals surface area contributed by atoms with Crippen LogP contribution in [0.4, 0.5) is 0 Å². The molecule has 0 radical (unpaired) electrons. The molecule has 0 bridgehead atoms. The van der Waals surface area contributed by atoms with Gasteiger partial charge in [0.05, 0.1) is 5.41 Å². The Kier molecular flexibility index (Phi) is 4.48. The lowest BCUT2D eigenvalue weighted by Gasteiger charge is -2.25. The highest BCUT2D eigenvalue weighted by atomic mass is 16.4. The van der Waals surface area contributed by atoms with E-state index in [1.807, 2.05) is 19.9 Å². The Morgan fingerprint density at radius 2 is 1.83 bits per heavy atom. The zero-order chi connectivity index (χ0) is 13.8. The van der Waals surface area contributed by atoms with Gasteiger partial charge in [-0.3, -0.25) is 9.59 Å². The van der Waals surface area contributed by atoms with Gasteiger partial charge in [0.15, 0.2) is 0 Å². The Labute approximate surface area is 107 Å². The van der Waals surface area contributed by atoms with Crippen LogP contribution in [0, 0.1) is 0 Å². The van der Waals surface area contributed by atoms with Gasteiger partial charge in [-0.25, -0.2) is 0 Å². The van der Waals surface area contributed by atoms with Gasteiger partial charge in [0, 0.05) is 12.5 Å². The van der Waals surface area contributed by atoms with E-state index in [0.29, 0.717) is 5.56 Å². The van der Waals surface area contributed by atoms with Gasteiger partial charge < -0.3 is 10.4 Å². The minimum Gasteiger partial charge on any atom is -0.481 e. The number of carbonyl (C=O) groups excluding carboxylic acids is 1. The van der Waals surface area contributed by atoms with Crippen molar-refractivity contribution in [1.29, 1.82) is 0 Å². The van der Waals surface area contributed by atoms with Crippen molar-refractivity contribution in [2.75, 3.05) is 0 Å². The number of nitrogens with one attached hydrogen (secondary N) is 1. The molecule has 0 aliphatic heterocycles. The number of carbonyl (C=O) groups is 2. The van der Waals surface area contributed by atoms with Gasteiger partial charge in [-0.05, 0) is 26.3 Å². The van der Waals surface area contributed by atoms with E-state index in [4.69, 9.17) is 0 Å². The highest BCUT2D eigenvalue weighted by molar-refractivity contribution is 5.89. The van der Waals surface area contributed by atoms with E-state index in [-0.39, 0.29) is 18.4 Å². The van der Waals surface area contributed by atoms with Crippen LogP contribution in [-0.4, -0.2) is 23.0 Å². The maximum atomic E-state index is 11.8. The quantitative estimate of drug-likeness (QED) is 0.838. The molecule has 1 atom stereocenters. The van der Waals surface area contributed by atoms with Crippen LogP contribution in [0.2, 0.25) is 0 Å². The molecule has 1 amide bonds. The Bertz CT molecular complexity index is 428. The van der Waals surface area contributed by atoms with Crippen LogP contribution in [0.1, 0.15) is 32.8 Å². The Morgan fingerprint density at radius 3 is 2.28 bits per heavy atom. The first-order valence-corrected chi connectivity index (χ1v) is 5.94. The maximum absolute atomic E-state index is 11.8. The van der Waals surface area contributed by atoms with Gasteiger partial charge in [-0.1, -0.05) is 30.3 Å². The van der Waals surface area contributed by atoms with Gasteiger partial charge in [-0.15, -0.1) is 0 Å². The minimum atomic E-state index is -1.19. The van der Waals surface area contributed by atoms with Crippen molar-refractivity contribution in [2.45, 2.75) is 38.6 Å². The zero-order valence-electron chi connectivity index (χ0n) is 10.9. The second-order valence-electron chi connectivity index (χ2n) is 4.90. The van der Waals surface area contributed by atoms with Crippen molar-refractivity contribution in [3.05, 3.63) is 35.9 Å². The molecule has 18 heavy (non-hydrogen) atoms. The number of carboxylic acid groups (broad SMARTS) is 1. The molecule has 0 aliphatic rings. The van der Waals surface area contributed by atoms with Gasteiger partial charge >= 0.3 is 5.97 Å². The van der Waals surface area contributed by atoms with Gasteiger partial charge in [0.25, 0.3) is 0 Å². The van der Waals surface area contributed by atoms with Crippen molar-refractivity contribution < 1.29 is 14.7 Å². The number of hydrogen-bond acceptors (Lipinski definition) is 2. The number of benzene rings is 1. The molecule has 0 spiro atoms. The van der Waals surface area contributed by atoms with Crippen LogP contribution in [-0.2, 0) is 15.0 Å². The third-order valence-electron chi connectivity index (χ3n) is 2.85. The fourth-order valence-electron chi connectivity index (χ4n) is 1.80. The number of aliphatic carboxylic acids is 1. The van der Waals surface area contributed by atoms with E-state index in [9.17, 15) is 14.7 Å². The van der Waals surface area contributed by atoms with Crippen molar-refractivity contribution in [1.82, 2.24) is 5.32 Å². The van der Waals surface area contributed by atoms with Crippen molar-refractivity contribution >= 4 is 11.9 Å². The summed E-state index contributed by atoms with van der Waals surface area (Å²) < 4.78 is 0. The zero-order valence-corrected chi connectivity index (χ0v) is 10.9. The Hall–Kier alpha value is -1.84. The SMILES string of the molecule is CC(C)NC(=O)CC(C)(C(=O)O)c1ccccc1. The lowest BCUT2D eigenvalue weighted by atomic mass is 9.79. The minimum absolute atomic E-state index is 0.00585.